The number of hydrogen-bond acceptors (Lipinski definition) is 5. The van der Waals surface area contributed by atoms with Gasteiger partial charge in [-0.15, -0.1) is 0 Å². The Kier molecular flexibility index (Phi) is 5.43. The van der Waals surface area contributed by atoms with Crippen molar-refractivity contribution in [3.63, 3.8) is 0 Å². The number of benzene rings is 1. The number of carbonyl (C=O) groups excluding carboxylic acids is 1. The molecule has 1 N–H and O–H groups in total. The number of carbonyl (C=O) groups is 1. The van der Waals surface area contributed by atoms with Crippen molar-refractivity contribution >= 4 is 21.6 Å². The summed E-state index contributed by atoms with van der Waals surface area (Å²) in [6.07, 6.45) is 2.18. The van der Waals surface area contributed by atoms with Crippen LogP contribution in [0.15, 0.2) is 28.7 Å². The third-order valence-corrected chi connectivity index (χ3v) is 4.53. The van der Waals surface area contributed by atoms with Gasteiger partial charge in [-0.05, 0) is 38.8 Å². The van der Waals surface area contributed by atoms with E-state index < -0.39 is 20.9 Å². The van der Waals surface area contributed by atoms with Crippen molar-refractivity contribution in [3.8, 4) is 0 Å². The molecule has 0 fully saturated rings. The molecule has 0 aliphatic rings. The Bertz CT molecular complexity index is 751. The normalized spacial score (nSPS) is 12.1. The number of hydrogen-bond donors (Lipinski definition) is 1. The Hall–Kier alpha value is -2.22. The van der Waals surface area contributed by atoms with Crippen LogP contribution < -0.4 is 4.72 Å². The molecule has 120 valence electrons. The van der Waals surface area contributed by atoms with Crippen molar-refractivity contribution in [1.29, 1.82) is 0 Å². The van der Waals surface area contributed by atoms with Crippen LogP contribution in [0.1, 0.15) is 31.4 Å². The minimum atomic E-state index is -4.16. The van der Waals surface area contributed by atoms with E-state index >= 15 is 0 Å². The van der Waals surface area contributed by atoms with E-state index in [1.807, 2.05) is 11.6 Å². The molecule has 1 rings (SSSR count). The Morgan fingerprint density at radius 1 is 1.36 bits per heavy atom. The second kappa shape index (κ2) is 6.69. The minimum absolute atomic E-state index is 0.268. The van der Waals surface area contributed by atoms with Crippen LogP contribution in [-0.2, 0) is 14.8 Å². The van der Waals surface area contributed by atoms with Gasteiger partial charge < -0.3 is 0 Å². The molecule has 8 heteroatoms. The zero-order valence-electron chi connectivity index (χ0n) is 12.8. The van der Waals surface area contributed by atoms with E-state index in [2.05, 4.69) is 0 Å². The molecule has 7 nitrogen and oxygen atoms in total. The third kappa shape index (κ3) is 3.91. The first-order valence-electron chi connectivity index (χ1n) is 6.59. The summed E-state index contributed by atoms with van der Waals surface area (Å²) in [5.41, 5.74) is 0.818. The number of nitrogens with zero attached hydrogens (tertiary/aromatic N) is 1. The van der Waals surface area contributed by atoms with Crippen LogP contribution in [0.25, 0.3) is 0 Å². The Morgan fingerprint density at radius 2 is 1.95 bits per heavy atom. The number of rotatable bonds is 5. The molecule has 22 heavy (non-hydrogen) atoms. The summed E-state index contributed by atoms with van der Waals surface area (Å²) >= 11 is 0. The average Bonchev–Trinajstić information content (AvgIpc) is 2.40. The summed E-state index contributed by atoms with van der Waals surface area (Å²) in [7, 11) is -4.16. The van der Waals surface area contributed by atoms with E-state index in [-0.39, 0.29) is 16.2 Å². The summed E-state index contributed by atoms with van der Waals surface area (Å²) in [4.78, 5) is 21.8. The molecule has 0 unspecified atom stereocenters. The fraction of sp³-hybridized carbons (Fsp3) is 0.357. The fourth-order valence-corrected chi connectivity index (χ4v) is 2.94. The summed E-state index contributed by atoms with van der Waals surface area (Å²) in [6.45, 7) is 6.43. The van der Waals surface area contributed by atoms with Crippen LogP contribution in [0.5, 0.6) is 0 Å². The van der Waals surface area contributed by atoms with Crippen LogP contribution in [0, 0.1) is 24.0 Å². The lowest BCUT2D eigenvalue weighted by molar-refractivity contribution is -0.385. The van der Waals surface area contributed by atoms with E-state index in [0.29, 0.717) is 17.5 Å². The first-order chi connectivity index (χ1) is 10.1. The van der Waals surface area contributed by atoms with Crippen LogP contribution in [-0.4, -0.2) is 19.2 Å². The van der Waals surface area contributed by atoms with Crippen LogP contribution >= 0.6 is 0 Å². The SMILES string of the molecule is CC/C=C(/C)C(=O)NS(=O)(=O)c1cc(C)c(C)c([N+](=O)[O-])c1. The zero-order valence-corrected chi connectivity index (χ0v) is 13.7. The number of aryl methyl sites for hydroxylation is 1. The average molecular weight is 326 g/mol. The molecule has 1 aromatic rings. The van der Waals surface area contributed by atoms with Crippen molar-refractivity contribution in [1.82, 2.24) is 4.72 Å². The van der Waals surface area contributed by atoms with Gasteiger partial charge in [0.25, 0.3) is 21.6 Å². The highest BCUT2D eigenvalue weighted by molar-refractivity contribution is 7.90. The molecular weight excluding hydrogens is 308 g/mol. The van der Waals surface area contributed by atoms with E-state index in [1.165, 1.54) is 19.9 Å². The van der Waals surface area contributed by atoms with Crippen molar-refractivity contribution in [2.75, 3.05) is 0 Å². The predicted octanol–water partition coefficient (Wildman–Crippen LogP) is 2.37. The van der Waals surface area contributed by atoms with Crippen LogP contribution in [0.2, 0.25) is 0 Å². The first-order valence-corrected chi connectivity index (χ1v) is 8.08. The highest BCUT2D eigenvalue weighted by Crippen LogP contribution is 2.25. The summed E-state index contributed by atoms with van der Waals surface area (Å²) in [5.74, 6) is -0.747. The maximum absolute atomic E-state index is 12.2. The predicted molar refractivity (Wildman–Crippen MR) is 81.9 cm³/mol. The Labute approximate surface area is 129 Å². The number of nitro groups is 1. The number of nitro benzene ring substituents is 1. The molecule has 0 atom stereocenters. The standard InChI is InChI=1S/C14H18N2O5S/c1-5-6-9(2)14(17)15-22(20,21)12-7-10(3)11(4)13(8-12)16(18)19/h6-8H,5H2,1-4H3,(H,15,17)/b9-6-. The first kappa shape index (κ1) is 17.8. The molecule has 1 amide bonds. The van der Waals surface area contributed by atoms with Gasteiger partial charge >= 0.3 is 0 Å². The van der Waals surface area contributed by atoms with Gasteiger partial charge in [-0.3, -0.25) is 14.9 Å². The molecule has 0 aliphatic carbocycles. The van der Waals surface area contributed by atoms with Gasteiger partial charge in [-0.1, -0.05) is 13.0 Å². The van der Waals surface area contributed by atoms with Gasteiger partial charge in [0.05, 0.1) is 9.82 Å². The maximum Gasteiger partial charge on any atom is 0.273 e. The van der Waals surface area contributed by atoms with Gasteiger partial charge in [0.1, 0.15) is 0 Å². The quantitative estimate of drug-likeness (QED) is 0.508. The highest BCUT2D eigenvalue weighted by atomic mass is 32.2. The van der Waals surface area contributed by atoms with E-state index in [9.17, 15) is 23.3 Å². The molecule has 0 aliphatic heterocycles. The topological polar surface area (TPSA) is 106 Å². The molecule has 0 aromatic heterocycles. The highest BCUT2D eigenvalue weighted by Gasteiger charge is 2.23. The van der Waals surface area contributed by atoms with Gasteiger partial charge in [0, 0.05) is 17.2 Å². The lowest BCUT2D eigenvalue weighted by atomic mass is 10.1. The van der Waals surface area contributed by atoms with E-state index in [0.717, 1.165) is 6.07 Å². The molecule has 0 saturated carbocycles. The zero-order chi connectivity index (χ0) is 17.1. The molecule has 1 aromatic carbocycles. The third-order valence-electron chi connectivity index (χ3n) is 3.22. The van der Waals surface area contributed by atoms with Crippen molar-refractivity contribution in [2.45, 2.75) is 39.0 Å². The number of allylic oxidation sites excluding steroid dienone is 1. The van der Waals surface area contributed by atoms with Crippen molar-refractivity contribution < 1.29 is 18.1 Å². The summed E-state index contributed by atoms with van der Waals surface area (Å²) < 4.78 is 26.3. The largest absolute Gasteiger partial charge is 0.273 e. The molecular formula is C14H18N2O5S. The monoisotopic (exact) mass is 326 g/mol. The molecule has 0 spiro atoms. The maximum atomic E-state index is 12.2. The second-order valence-corrected chi connectivity index (χ2v) is 6.55. The van der Waals surface area contributed by atoms with E-state index in [1.54, 1.807) is 13.0 Å². The molecule has 0 heterocycles. The lowest BCUT2D eigenvalue weighted by Crippen LogP contribution is -2.31. The smallest absolute Gasteiger partial charge is 0.269 e. The van der Waals surface area contributed by atoms with Gasteiger partial charge in [0.2, 0.25) is 0 Å². The van der Waals surface area contributed by atoms with E-state index in [4.69, 9.17) is 0 Å². The number of amides is 1. The Morgan fingerprint density at radius 3 is 2.45 bits per heavy atom. The molecule has 0 radical (unpaired) electrons. The number of nitrogens with one attached hydrogen (secondary N) is 1. The van der Waals surface area contributed by atoms with Gasteiger partial charge in [-0.25, -0.2) is 13.1 Å². The Balaban J connectivity index is 3.27. The summed E-state index contributed by atoms with van der Waals surface area (Å²) in [5, 5.41) is 11.0. The lowest BCUT2D eigenvalue weighted by Gasteiger charge is -2.09. The van der Waals surface area contributed by atoms with Crippen LogP contribution in [0.3, 0.4) is 0 Å². The van der Waals surface area contributed by atoms with Crippen molar-refractivity contribution in [3.05, 3.63) is 45.0 Å². The second-order valence-electron chi connectivity index (χ2n) is 4.87. The summed E-state index contributed by atoms with van der Waals surface area (Å²) in [6, 6.07) is 2.26. The molecule has 0 saturated heterocycles. The minimum Gasteiger partial charge on any atom is -0.269 e. The van der Waals surface area contributed by atoms with Gasteiger partial charge in [-0.2, -0.15) is 0 Å². The van der Waals surface area contributed by atoms with Gasteiger partial charge in [0.15, 0.2) is 0 Å². The fourth-order valence-electron chi connectivity index (χ4n) is 1.81. The number of sulfonamides is 1. The van der Waals surface area contributed by atoms with Crippen molar-refractivity contribution in [2.24, 2.45) is 0 Å². The molecule has 0 bridgehead atoms. The van der Waals surface area contributed by atoms with Crippen LogP contribution in [0.4, 0.5) is 5.69 Å².